The largest absolute Gasteiger partial charge is 0.481 e. The van der Waals surface area contributed by atoms with Crippen LogP contribution in [0.1, 0.15) is 19.3 Å². The molecular weight excluding hydrogens is 294 g/mol. The van der Waals surface area contributed by atoms with E-state index in [-0.39, 0.29) is 0 Å². The molecule has 0 aromatic carbocycles. The molecular formula is C14H21NO5S. The number of esters is 2. The molecule has 0 spiro atoms. The maximum absolute atomic E-state index is 12.0. The molecule has 0 aromatic heterocycles. The summed E-state index contributed by atoms with van der Waals surface area (Å²) < 4.78 is 4.86. The number of allylic oxidation sites excluding steroid dienone is 1. The molecule has 0 heterocycles. The minimum atomic E-state index is -1.04. The van der Waals surface area contributed by atoms with Crippen molar-refractivity contribution >= 4 is 29.7 Å². The highest BCUT2D eigenvalue weighted by atomic mass is 32.2. The number of carboxylic acid groups (broad SMARTS) is 1. The minimum absolute atomic E-state index is 0.377. The van der Waals surface area contributed by atoms with Crippen LogP contribution < -0.4 is 5.32 Å². The lowest BCUT2D eigenvalue weighted by Crippen LogP contribution is -2.40. The number of carboxylic acids is 1. The standard InChI is InChI=1S/C14H21NO5S/c1-15-11(7-8-21-2)14(19)20-13(18)10-6-4-3-5-9(10)12(16)17/h4,6,9-11,15H,3,5,7-8H2,1-2H3,(H,16,17)/t9?,10?,11-/m0/s1. The Morgan fingerprint density at radius 3 is 2.76 bits per heavy atom. The predicted molar refractivity (Wildman–Crippen MR) is 79.9 cm³/mol. The number of carbonyl (C=O) groups excluding carboxylic acids is 2. The highest BCUT2D eigenvalue weighted by Gasteiger charge is 2.36. The van der Waals surface area contributed by atoms with Crippen LogP contribution in [-0.2, 0) is 19.1 Å². The van der Waals surface area contributed by atoms with E-state index in [4.69, 9.17) is 9.84 Å². The Morgan fingerprint density at radius 2 is 2.19 bits per heavy atom. The predicted octanol–water partition coefficient (Wildman–Crippen LogP) is 1.06. The summed E-state index contributed by atoms with van der Waals surface area (Å²) in [4.78, 5) is 35.1. The van der Waals surface area contributed by atoms with Crippen LogP contribution in [-0.4, -0.2) is 48.1 Å². The van der Waals surface area contributed by atoms with Gasteiger partial charge in [-0.25, -0.2) is 4.79 Å². The van der Waals surface area contributed by atoms with Gasteiger partial charge >= 0.3 is 17.9 Å². The van der Waals surface area contributed by atoms with Gasteiger partial charge in [-0.05, 0) is 38.3 Å². The van der Waals surface area contributed by atoms with Crippen LogP contribution in [0.4, 0.5) is 0 Å². The van der Waals surface area contributed by atoms with Crippen molar-refractivity contribution in [2.24, 2.45) is 11.8 Å². The number of aliphatic carboxylic acids is 1. The molecule has 0 radical (unpaired) electrons. The van der Waals surface area contributed by atoms with Gasteiger partial charge in [-0.15, -0.1) is 0 Å². The molecule has 0 saturated heterocycles. The first kappa shape index (κ1) is 17.7. The van der Waals surface area contributed by atoms with Gasteiger partial charge in [0.1, 0.15) is 6.04 Å². The molecule has 0 aliphatic heterocycles. The van der Waals surface area contributed by atoms with E-state index in [0.717, 1.165) is 5.75 Å². The van der Waals surface area contributed by atoms with Crippen LogP contribution in [0.15, 0.2) is 12.2 Å². The van der Waals surface area contributed by atoms with E-state index in [1.807, 2.05) is 6.26 Å². The quantitative estimate of drug-likeness (QED) is 0.412. The summed E-state index contributed by atoms with van der Waals surface area (Å²) in [5, 5.41) is 11.9. The molecule has 0 bridgehead atoms. The fourth-order valence-corrected chi connectivity index (χ4v) is 2.68. The Bertz CT molecular complexity index is 424. The highest BCUT2D eigenvalue weighted by Crippen LogP contribution is 2.26. The van der Waals surface area contributed by atoms with Crippen LogP contribution in [0, 0.1) is 11.8 Å². The monoisotopic (exact) mass is 315 g/mol. The molecule has 118 valence electrons. The number of rotatable bonds is 7. The van der Waals surface area contributed by atoms with E-state index < -0.39 is 35.8 Å². The van der Waals surface area contributed by atoms with E-state index in [0.29, 0.717) is 19.3 Å². The van der Waals surface area contributed by atoms with Crippen molar-refractivity contribution in [3.8, 4) is 0 Å². The Kier molecular flexibility index (Phi) is 7.45. The van der Waals surface area contributed by atoms with Crippen molar-refractivity contribution < 1.29 is 24.2 Å². The van der Waals surface area contributed by atoms with Gasteiger partial charge in [0.2, 0.25) is 0 Å². The fraction of sp³-hybridized carbons (Fsp3) is 0.643. The SMILES string of the molecule is CN[C@@H](CCSC)C(=O)OC(=O)C1C=CCCC1C(=O)O. The molecule has 1 rings (SSSR count). The van der Waals surface area contributed by atoms with E-state index in [1.165, 1.54) is 6.08 Å². The molecule has 0 saturated carbocycles. The Morgan fingerprint density at radius 1 is 1.48 bits per heavy atom. The average Bonchev–Trinajstić information content (AvgIpc) is 2.47. The molecule has 1 aliphatic carbocycles. The van der Waals surface area contributed by atoms with Crippen molar-refractivity contribution in [2.45, 2.75) is 25.3 Å². The Balaban J connectivity index is 2.65. The van der Waals surface area contributed by atoms with Crippen LogP contribution in [0.25, 0.3) is 0 Å². The van der Waals surface area contributed by atoms with Crippen LogP contribution >= 0.6 is 11.8 Å². The summed E-state index contributed by atoms with van der Waals surface area (Å²) >= 11 is 1.59. The van der Waals surface area contributed by atoms with E-state index in [2.05, 4.69) is 5.32 Å². The molecule has 0 amide bonds. The number of carbonyl (C=O) groups is 3. The van der Waals surface area contributed by atoms with Crippen LogP contribution in [0.5, 0.6) is 0 Å². The molecule has 0 aromatic rings. The fourth-order valence-electron chi connectivity index (χ4n) is 2.21. The van der Waals surface area contributed by atoms with E-state index in [9.17, 15) is 14.4 Å². The number of hydrogen-bond donors (Lipinski definition) is 2. The van der Waals surface area contributed by atoms with Crippen molar-refractivity contribution in [3.63, 3.8) is 0 Å². The lowest BCUT2D eigenvalue weighted by Gasteiger charge is -2.23. The third kappa shape index (κ3) is 5.17. The van der Waals surface area contributed by atoms with Gasteiger partial charge in [0.25, 0.3) is 0 Å². The maximum Gasteiger partial charge on any atom is 0.330 e. The normalized spacial score (nSPS) is 22.6. The zero-order valence-corrected chi connectivity index (χ0v) is 13.0. The summed E-state index contributed by atoms with van der Waals surface area (Å²) in [6.45, 7) is 0. The lowest BCUT2D eigenvalue weighted by atomic mass is 9.84. The van der Waals surface area contributed by atoms with Gasteiger partial charge in [0, 0.05) is 0 Å². The zero-order valence-electron chi connectivity index (χ0n) is 12.2. The third-order valence-electron chi connectivity index (χ3n) is 3.46. The minimum Gasteiger partial charge on any atom is -0.481 e. The average molecular weight is 315 g/mol. The first-order chi connectivity index (χ1) is 10.0. The van der Waals surface area contributed by atoms with Gasteiger partial charge in [-0.1, -0.05) is 12.2 Å². The van der Waals surface area contributed by atoms with Crippen LogP contribution in [0.3, 0.4) is 0 Å². The third-order valence-corrected chi connectivity index (χ3v) is 4.10. The Labute approximate surface area is 128 Å². The summed E-state index contributed by atoms with van der Waals surface area (Å²) in [6, 6.07) is -0.558. The topological polar surface area (TPSA) is 92.7 Å². The van der Waals surface area contributed by atoms with Crippen molar-refractivity contribution in [3.05, 3.63) is 12.2 Å². The molecule has 21 heavy (non-hydrogen) atoms. The molecule has 1 aliphatic rings. The summed E-state index contributed by atoms with van der Waals surface area (Å²) in [5.74, 6) is -3.43. The van der Waals surface area contributed by atoms with Crippen LogP contribution in [0.2, 0.25) is 0 Å². The number of likely N-dealkylation sites (N-methyl/N-ethyl adjacent to an activating group) is 1. The smallest absolute Gasteiger partial charge is 0.330 e. The molecule has 2 N–H and O–H groups in total. The summed E-state index contributed by atoms with van der Waals surface area (Å²) in [5.41, 5.74) is 0. The van der Waals surface area contributed by atoms with Gasteiger partial charge < -0.3 is 15.2 Å². The van der Waals surface area contributed by atoms with Crippen molar-refractivity contribution in [2.75, 3.05) is 19.1 Å². The number of ether oxygens (including phenoxy) is 1. The highest BCUT2D eigenvalue weighted by molar-refractivity contribution is 7.98. The summed E-state index contributed by atoms with van der Waals surface area (Å²) in [7, 11) is 1.62. The second-order valence-electron chi connectivity index (χ2n) is 4.84. The van der Waals surface area contributed by atoms with Gasteiger partial charge in [0.05, 0.1) is 11.8 Å². The molecule has 6 nitrogen and oxygen atoms in total. The van der Waals surface area contributed by atoms with E-state index in [1.54, 1.807) is 24.9 Å². The van der Waals surface area contributed by atoms with Gasteiger partial charge in [-0.2, -0.15) is 11.8 Å². The lowest BCUT2D eigenvalue weighted by molar-refractivity contribution is -0.167. The molecule has 3 atom stereocenters. The second-order valence-corrected chi connectivity index (χ2v) is 5.82. The van der Waals surface area contributed by atoms with Crippen molar-refractivity contribution in [1.82, 2.24) is 5.32 Å². The van der Waals surface area contributed by atoms with Gasteiger partial charge in [0.15, 0.2) is 0 Å². The number of nitrogens with one attached hydrogen (secondary N) is 1. The first-order valence-electron chi connectivity index (χ1n) is 6.82. The Hall–Kier alpha value is -1.34. The molecule has 7 heteroatoms. The second kappa shape index (κ2) is 8.84. The molecule has 0 fully saturated rings. The zero-order chi connectivity index (χ0) is 15.8. The number of hydrogen-bond acceptors (Lipinski definition) is 6. The van der Waals surface area contributed by atoms with Crippen molar-refractivity contribution in [1.29, 1.82) is 0 Å². The first-order valence-corrected chi connectivity index (χ1v) is 8.21. The maximum atomic E-state index is 12.0. The molecule has 2 unspecified atom stereocenters. The summed E-state index contributed by atoms with van der Waals surface area (Å²) in [6.07, 6.45) is 6.73. The number of thioether (sulfide) groups is 1. The van der Waals surface area contributed by atoms with E-state index >= 15 is 0 Å². The van der Waals surface area contributed by atoms with Gasteiger partial charge in [-0.3, -0.25) is 9.59 Å².